The normalized spacial score (nSPS) is 36.2. The summed E-state index contributed by atoms with van der Waals surface area (Å²) in [5.74, 6) is -1.90. The van der Waals surface area contributed by atoms with Gasteiger partial charge in [0.05, 0.1) is 11.8 Å². The smallest absolute Gasteiger partial charge is 0.307 e. The van der Waals surface area contributed by atoms with E-state index in [4.69, 9.17) is 0 Å². The Labute approximate surface area is 125 Å². The number of hydrogen-bond donors (Lipinski definition) is 2. The van der Waals surface area contributed by atoms with Crippen molar-refractivity contribution in [3.05, 3.63) is 12.2 Å². The number of nitrogens with one attached hydrogen (secondary N) is 1. The lowest BCUT2D eigenvalue weighted by Crippen LogP contribution is -2.50. The molecule has 0 saturated carbocycles. The van der Waals surface area contributed by atoms with Crippen molar-refractivity contribution in [3.8, 4) is 0 Å². The Morgan fingerprint density at radius 2 is 1.86 bits per heavy atom. The van der Waals surface area contributed by atoms with Crippen LogP contribution in [0.4, 0.5) is 0 Å². The Morgan fingerprint density at radius 3 is 2.62 bits per heavy atom. The van der Waals surface area contributed by atoms with Crippen LogP contribution in [0, 0.1) is 11.8 Å². The Kier molecular flexibility index (Phi) is 4.29. The fraction of sp³-hybridized carbons (Fsp3) is 0.750. The first kappa shape index (κ1) is 14.6. The van der Waals surface area contributed by atoms with Gasteiger partial charge < -0.3 is 15.3 Å². The zero-order valence-corrected chi connectivity index (χ0v) is 12.3. The first-order valence-corrected chi connectivity index (χ1v) is 8.07. The summed E-state index contributed by atoms with van der Waals surface area (Å²) in [7, 11) is 0. The predicted molar refractivity (Wildman–Crippen MR) is 78.7 cm³/mol. The highest BCUT2D eigenvalue weighted by Crippen LogP contribution is 2.29. The van der Waals surface area contributed by atoms with Crippen molar-refractivity contribution in [1.29, 1.82) is 0 Å². The molecule has 1 amide bonds. The van der Waals surface area contributed by atoms with Crippen molar-refractivity contribution in [1.82, 2.24) is 10.2 Å². The maximum atomic E-state index is 12.5. The maximum absolute atomic E-state index is 12.5. The highest BCUT2D eigenvalue weighted by atomic mass is 16.4. The van der Waals surface area contributed by atoms with E-state index in [1.165, 1.54) is 19.4 Å². The topological polar surface area (TPSA) is 69.6 Å². The molecule has 3 aliphatic rings. The second-order valence-electron chi connectivity index (χ2n) is 6.56. The fourth-order valence-electron chi connectivity index (χ4n) is 4.04. The summed E-state index contributed by atoms with van der Waals surface area (Å²) in [6.07, 6.45) is 9.33. The van der Waals surface area contributed by atoms with Gasteiger partial charge in [0, 0.05) is 18.6 Å². The lowest BCUT2D eigenvalue weighted by molar-refractivity contribution is -0.147. The number of nitrogens with zero attached hydrogens (tertiary/aromatic N) is 1. The van der Waals surface area contributed by atoms with Crippen molar-refractivity contribution < 1.29 is 14.7 Å². The molecular formula is C16H24N2O3. The number of amides is 1. The molecule has 0 radical (unpaired) electrons. The van der Waals surface area contributed by atoms with E-state index >= 15 is 0 Å². The van der Waals surface area contributed by atoms with Crippen molar-refractivity contribution in [2.75, 3.05) is 13.1 Å². The Hall–Kier alpha value is -1.36. The largest absolute Gasteiger partial charge is 0.481 e. The van der Waals surface area contributed by atoms with Gasteiger partial charge in [0.25, 0.3) is 0 Å². The van der Waals surface area contributed by atoms with E-state index in [0.717, 1.165) is 19.4 Å². The number of carbonyl (C=O) groups excluding carboxylic acids is 1. The number of carbonyl (C=O) groups is 2. The van der Waals surface area contributed by atoms with Crippen molar-refractivity contribution in [2.45, 2.75) is 50.6 Å². The summed E-state index contributed by atoms with van der Waals surface area (Å²) in [6.45, 7) is 2.25. The van der Waals surface area contributed by atoms with Crippen LogP contribution in [0.3, 0.4) is 0 Å². The Morgan fingerprint density at radius 1 is 1.10 bits per heavy atom. The predicted octanol–water partition coefficient (Wildman–Crippen LogP) is 1.40. The van der Waals surface area contributed by atoms with Crippen molar-refractivity contribution in [2.24, 2.45) is 11.8 Å². The molecular weight excluding hydrogens is 268 g/mol. The Bertz CT molecular complexity index is 449. The molecule has 2 N–H and O–H groups in total. The second kappa shape index (κ2) is 6.18. The van der Waals surface area contributed by atoms with Crippen molar-refractivity contribution >= 4 is 11.9 Å². The van der Waals surface area contributed by atoms with E-state index in [0.29, 0.717) is 18.9 Å². The summed E-state index contributed by atoms with van der Waals surface area (Å²) in [5, 5.41) is 12.4. The van der Waals surface area contributed by atoms with E-state index in [1.807, 2.05) is 12.2 Å². The summed E-state index contributed by atoms with van der Waals surface area (Å²) in [5.41, 5.74) is 0. The first-order chi connectivity index (χ1) is 10.1. The highest BCUT2D eigenvalue weighted by molar-refractivity contribution is 5.85. The van der Waals surface area contributed by atoms with Crippen LogP contribution in [0.15, 0.2) is 12.2 Å². The quantitative estimate of drug-likeness (QED) is 0.771. The van der Waals surface area contributed by atoms with Gasteiger partial charge in [0.2, 0.25) is 5.91 Å². The molecule has 2 unspecified atom stereocenters. The Balaban J connectivity index is 1.58. The maximum Gasteiger partial charge on any atom is 0.307 e. The first-order valence-electron chi connectivity index (χ1n) is 8.07. The van der Waals surface area contributed by atoms with Gasteiger partial charge in [0.1, 0.15) is 0 Å². The van der Waals surface area contributed by atoms with Gasteiger partial charge in [-0.2, -0.15) is 0 Å². The molecule has 0 bridgehead atoms. The number of piperidine rings is 1. The number of aliphatic carboxylic acids is 1. The van der Waals surface area contributed by atoms with E-state index in [9.17, 15) is 14.7 Å². The molecule has 3 rings (SSSR count). The fourth-order valence-corrected chi connectivity index (χ4v) is 4.04. The summed E-state index contributed by atoms with van der Waals surface area (Å²) < 4.78 is 0. The van der Waals surface area contributed by atoms with Gasteiger partial charge in [-0.05, 0) is 45.1 Å². The minimum absolute atomic E-state index is 0.0665. The van der Waals surface area contributed by atoms with E-state index < -0.39 is 17.8 Å². The zero-order valence-electron chi connectivity index (χ0n) is 12.3. The molecule has 2 aliphatic heterocycles. The van der Waals surface area contributed by atoms with Crippen LogP contribution in [0.5, 0.6) is 0 Å². The van der Waals surface area contributed by atoms with Crippen LogP contribution in [0.25, 0.3) is 0 Å². The number of allylic oxidation sites excluding steroid dienone is 2. The molecule has 116 valence electrons. The molecule has 0 aromatic rings. The number of carboxylic acids is 1. The molecule has 0 spiro atoms. The average molecular weight is 292 g/mol. The van der Waals surface area contributed by atoms with E-state index in [1.54, 1.807) is 0 Å². The summed E-state index contributed by atoms with van der Waals surface area (Å²) >= 11 is 0. The van der Waals surface area contributed by atoms with Crippen LogP contribution in [0.2, 0.25) is 0 Å². The second-order valence-corrected chi connectivity index (χ2v) is 6.56. The molecule has 5 nitrogen and oxygen atoms in total. The van der Waals surface area contributed by atoms with Gasteiger partial charge in [-0.1, -0.05) is 12.2 Å². The summed E-state index contributed by atoms with van der Waals surface area (Å²) in [6, 6.07) is 0.836. The molecule has 21 heavy (non-hydrogen) atoms. The van der Waals surface area contributed by atoms with Gasteiger partial charge in [-0.15, -0.1) is 0 Å². The van der Waals surface area contributed by atoms with Crippen LogP contribution in [-0.4, -0.2) is 47.1 Å². The monoisotopic (exact) mass is 292 g/mol. The third kappa shape index (κ3) is 3.12. The van der Waals surface area contributed by atoms with Gasteiger partial charge >= 0.3 is 5.97 Å². The molecule has 1 aliphatic carbocycles. The van der Waals surface area contributed by atoms with Gasteiger partial charge in [-0.3, -0.25) is 9.59 Å². The number of carboxylic acid groups (broad SMARTS) is 1. The lowest BCUT2D eigenvalue weighted by atomic mass is 9.82. The van der Waals surface area contributed by atoms with Crippen LogP contribution < -0.4 is 5.32 Å². The minimum atomic E-state index is -0.856. The number of rotatable bonds is 3. The van der Waals surface area contributed by atoms with Crippen LogP contribution in [0.1, 0.15) is 38.5 Å². The molecule has 0 aromatic carbocycles. The molecule has 5 heteroatoms. The molecule has 2 fully saturated rings. The molecule has 0 aromatic heterocycles. The molecule has 2 saturated heterocycles. The number of fused-ring (bicyclic) bond motifs is 1. The average Bonchev–Trinajstić information content (AvgIpc) is 2.94. The van der Waals surface area contributed by atoms with Crippen LogP contribution >= 0.6 is 0 Å². The van der Waals surface area contributed by atoms with E-state index in [2.05, 4.69) is 10.2 Å². The number of hydrogen-bond acceptors (Lipinski definition) is 3. The zero-order chi connectivity index (χ0) is 14.8. The standard InChI is InChI=1S/C16H24N2O3/c19-15(13-5-1-2-6-14(13)16(20)21)17-11-7-9-18-8-3-4-12(18)10-11/h1-2,11-14H,3-10H2,(H,17,19)(H,20,21)/t11?,12?,13-,14+/m1/s1. The van der Waals surface area contributed by atoms with Gasteiger partial charge in [0.15, 0.2) is 0 Å². The highest BCUT2D eigenvalue weighted by Gasteiger charge is 2.37. The van der Waals surface area contributed by atoms with Crippen LogP contribution in [-0.2, 0) is 9.59 Å². The van der Waals surface area contributed by atoms with Crippen molar-refractivity contribution in [3.63, 3.8) is 0 Å². The van der Waals surface area contributed by atoms with Gasteiger partial charge in [-0.25, -0.2) is 0 Å². The molecule has 4 atom stereocenters. The summed E-state index contributed by atoms with van der Waals surface area (Å²) in [4.78, 5) is 26.3. The third-order valence-electron chi connectivity index (χ3n) is 5.25. The lowest BCUT2D eigenvalue weighted by Gasteiger charge is -2.36. The van der Waals surface area contributed by atoms with E-state index in [-0.39, 0.29) is 11.9 Å². The molecule has 2 heterocycles. The third-order valence-corrected chi connectivity index (χ3v) is 5.25. The SMILES string of the molecule is O=C(O)[C@H]1CC=CC[C@H]1C(=O)NC1CCN2CCCC2C1. The minimum Gasteiger partial charge on any atom is -0.481 e.